The number of carbonyl (C=O) groups is 1. The molecule has 1 N–H and O–H groups in total. The zero-order valence-corrected chi connectivity index (χ0v) is 12.9. The van der Waals surface area contributed by atoms with E-state index < -0.39 is 5.97 Å². The molecule has 0 saturated carbocycles. The van der Waals surface area contributed by atoms with Crippen LogP contribution in [0.3, 0.4) is 0 Å². The van der Waals surface area contributed by atoms with Crippen LogP contribution in [0.15, 0.2) is 21.1 Å². The van der Waals surface area contributed by atoms with Gasteiger partial charge < -0.3 is 19.1 Å². The highest BCUT2D eigenvalue weighted by molar-refractivity contribution is 9.10. The molecule has 2 heterocycles. The lowest BCUT2D eigenvalue weighted by molar-refractivity contribution is 0.0686. The van der Waals surface area contributed by atoms with Gasteiger partial charge in [-0.1, -0.05) is 19.0 Å². The van der Waals surface area contributed by atoms with Gasteiger partial charge in [0.05, 0.1) is 4.47 Å². The van der Waals surface area contributed by atoms with E-state index in [9.17, 15) is 4.79 Å². The van der Waals surface area contributed by atoms with E-state index >= 15 is 0 Å². The van der Waals surface area contributed by atoms with Crippen LogP contribution < -0.4 is 9.47 Å². The average molecular weight is 354 g/mol. The maximum atomic E-state index is 10.9. The summed E-state index contributed by atoms with van der Waals surface area (Å²) in [6.07, 6.45) is 0. The minimum Gasteiger partial charge on any atom is -0.476 e. The van der Waals surface area contributed by atoms with Crippen molar-refractivity contribution in [3.05, 3.63) is 27.9 Å². The maximum absolute atomic E-state index is 10.9. The van der Waals surface area contributed by atoms with Gasteiger partial charge in [-0.15, -0.1) is 0 Å². The standard InChI is InChI=1S/C14H12BrNO5/c1-6(2)11-7(10-4-9(14(17)18)16-21-10)3-8(15)12-13(11)20-5-19-12/h3-4,6H,5H2,1-2H3,(H,17,18). The van der Waals surface area contributed by atoms with Crippen LogP contribution in [-0.2, 0) is 0 Å². The molecule has 0 unspecified atom stereocenters. The van der Waals surface area contributed by atoms with Crippen LogP contribution in [0.4, 0.5) is 0 Å². The second-order valence-electron chi connectivity index (χ2n) is 4.92. The van der Waals surface area contributed by atoms with Gasteiger partial charge in [-0.05, 0) is 27.9 Å². The molecule has 6 nitrogen and oxygen atoms in total. The summed E-state index contributed by atoms with van der Waals surface area (Å²) in [7, 11) is 0. The summed E-state index contributed by atoms with van der Waals surface area (Å²) < 4.78 is 16.9. The Balaban J connectivity index is 2.21. The van der Waals surface area contributed by atoms with Crippen molar-refractivity contribution >= 4 is 21.9 Å². The SMILES string of the molecule is CC(C)c1c(-c2cc(C(=O)O)no2)cc(Br)c2c1OCO2. The molecule has 3 rings (SSSR count). The van der Waals surface area contributed by atoms with Gasteiger partial charge in [0, 0.05) is 17.2 Å². The van der Waals surface area contributed by atoms with E-state index in [1.165, 1.54) is 6.07 Å². The normalized spacial score (nSPS) is 13.0. The topological polar surface area (TPSA) is 81.8 Å². The molecule has 110 valence electrons. The van der Waals surface area contributed by atoms with Crippen LogP contribution in [0.1, 0.15) is 35.8 Å². The fourth-order valence-electron chi connectivity index (χ4n) is 2.33. The minimum atomic E-state index is -1.13. The number of carboxylic acids is 1. The summed E-state index contributed by atoms with van der Waals surface area (Å²) in [5, 5.41) is 12.5. The molecule has 0 spiro atoms. The summed E-state index contributed by atoms with van der Waals surface area (Å²) in [6.45, 7) is 4.19. The first-order chi connectivity index (χ1) is 9.99. The van der Waals surface area contributed by atoms with Crippen molar-refractivity contribution in [1.29, 1.82) is 0 Å². The van der Waals surface area contributed by atoms with Crippen LogP contribution in [-0.4, -0.2) is 23.0 Å². The molecule has 0 aliphatic carbocycles. The Kier molecular flexibility index (Phi) is 3.36. The van der Waals surface area contributed by atoms with Crippen molar-refractivity contribution in [2.75, 3.05) is 6.79 Å². The first-order valence-electron chi connectivity index (χ1n) is 6.31. The Labute approximate surface area is 128 Å². The maximum Gasteiger partial charge on any atom is 0.358 e. The summed E-state index contributed by atoms with van der Waals surface area (Å²) in [4.78, 5) is 10.9. The van der Waals surface area contributed by atoms with Gasteiger partial charge in [0.1, 0.15) is 0 Å². The van der Waals surface area contributed by atoms with E-state index in [2.05, 4.69) is 21.1 Å². The third kappa shape index (κ3) is 2.27. The van der Waals surface area contributed by atoms with Crippen LogP contribution in [0.2, 0.25) is 0 Å². The number of hydrogen-bond acceptors (Lipinski definition) is 5. The molecule has 1 aliphatic heterocycles. The lowest BCUT2D eigenvalue weighted by Gasteiger charge is -2.14. The highest BCUT2D eigenvalue weighted by atomic mass is 79.9. The smallest absolute Gasteiger partial charge is 0.358 e. The summed E-state index contributed by atoms with van der Waals surface area (Å²) in [5.74, 6) is 0.705. The number of hydrogen-bond donors (Lipinski definition) is 1. The van der Waals surface area contributed by atoms with Gasteiger partial charge in [-0.3, -0.25) is 0 Å². The number of rotatable bonds is 3. The van der Waals surface area contributed by atoms with Gasteiger partial charge in [0.2, 0.25) is 6.79 Å². The molecule has 0 fully saturated rings. The predicted molar refractivity (Wildman–Crippen MR) is 76.8 cm³/mol. The number of halogens is 1. The Morgan fingerprint density at radius 3 is 2.67 bits per heavy atom. The number of nitrogens with zero attached hydrogens (tertiary/aromatic N) is 1. The third-order valence-corrected chi connectivity index (χ3v) is 3.80. The molecular weight excluding hydrogens is 342 g/mol. The average Bonchev–Trinajstić information content (AvgIpc) is 3.07. The Morgan fingerprint density at radius 2 is 2.05 bits per heavy atom. The fraction of sp³-hybridized carbons (Fsp3) is 0.286. The third-order valence-electron chi connectivity index (χ3n) is 3.21. The first-order valence-corrected chi connectivity index (χ1v) is 7.10. The molecule has 1 aliphatic rings. The quantitative estimate of drug-likeness (QED) is 0.906. The van der Waals surface area contributed by atoms with E-state index in [0.717, 1.165) is 15.6 Å². The van der Waals surface area contributed by atoms with Crippen molar-refractivity contribution in [2.24, 2.45) is 0 Å². The van der Waals surface area contributed by atoms with Gasteiger partial charge in [0.15, 0.2) is 23.0 Å². The fourth-order valence-corrected chi connectivity index (χ4v) is 2.85. The molecule has 0 atom stereocenters. The molecule has 1 aromatic carbocycles. The predicted octanol–water partition coefficient (Wildman–Crippen LogP) is 3.65. The summed E-state index contributed by atoms with van der Waals surface area (Å²) in [5.41, 5.74) is 1.51. The molecular formula is C14H12BrNO5. The van der Waals surface area contributed by atoms with Gasteiger partial charge in [-0.2, -0.15) is 0 Å². The highest BCUT2D eigenvalue weighted by Gasteiger charge is 2.28. The number of carboxylic acid groups (broad SMARTS) is 1. The number of aromatic nitrogens is 1. The summed E-state index contributed by atoms with van der Waals surface area (Å²) in [6, 6.07) is 3.23. The lowest BCUT2D eigenvalue weighted by Crippen LogP contribution is -1.97. The van der Waals surface area contributed by atoms with Crippen LogP contribution in [0.25, 0.3) is 11.3 Å². The number of ether oxygens (including phenoxy) is 2. The molecule has 7 heteroatoms. The number of benzene rings is 1. The first kappa shape index (κ1) is 13.9. The van der Waals surface area contributed by atoms with Crippen molar-refractivity contribution in [3.63, 3.8) is 0 Å². The molecule has 2 aromatic rings. The second kappa shape index (κ2) is 5.07. The van der Waals surface area contributed by atoms with Crippen molar-refractivity contribution < 1.29 is 23.9 Å². The Morgan fingerprint density at radius 1 is 1.33 bits per heavy atom. The Hall–Kier alpha value is -2.02. The van der Waals surface area contributed by atoms with E-state index in [0.29, 0.717) is 17.3 Å². The molecule has 1 aromatic heterocycles. The van der Waals surface area contributed by atoms with E-state index in [1.807, 2.05) is 19.9 Å². The molecule has 21 heavy (non-hydrogen) atoms. The lowest BCUT2D eigenvalue weighted by atomic mass is 9.94. The minimum absolute atomic E-state index is 0.131. The summed E-state index contributed by atoms with van der Waals surface area (Å²) >= 11 is 3.43. The van der Waals surface area contributed by atoms with Gasteiger partial charge in [-0.25, -0.2) is 4.79 Å². The highest BCUT2D eigenvalue weighted by Crippen LogP contribution is 2.49. The molecule has 0 radical (unpaired) electrons. The van der Waals surface area contributed by atoms with E-state index in [-0.39, 0.29) is 18.4 Å². The van der Waals surface area contributed by atoms with Gasteiger partial charge in [0.25, 0.3) is 0 Å². The van der Waals surface area contributed by atoms with Crippen LogP contribution in [0, 0.1) is 0 Å². The molecule has 0 bridgehead atoms. The van der Waals surface area contributed by atoms with Crippen LogP contribution >= 0.6 is 15.9 Å². The largest absolute Gasteiger partial charge is 0.476 e. The monoisotopic (exact) mass is 353 g/mol. The van der Waals surface area contributed by atoms with Crippen molar-refractivity contribution in [3.8, 4) is 22.8 Å². The second-order valence-corrected chi connectivity index (χ2v) is 5.77. The van der Waals surface area contributed by atoms with E-state index in [1.54, 1.807) is 0 Å². The zero-order valence-electron chi connectivity index (χ0n) is 11.3. The molecule has 0 amide bonds. The number of aromatic carboxylic acids is 1. The molecule has 0 saturated heterocycles. The van der Waals surface area contributed by atoms with Crippen molar-refractivity contribution in [1.82, 2.24) is 5.16 Å². The number of fused-ring (bicyclic) bond motifs is 1. The van der Waals surface area contributed by atoms with Crippen LogP contribution in [0.5, 0.6) is 11.5 Å². The van der Waals surface area contributed by atoms with Gasteiger partial charge >= 0.3 is 5.97 Å². The zero-order chi connectivity index (χ0) is 15.1. The van der Waals surface area contributed by atoms with E-state index in [4.69, 9.17) is 19.1 Å². The Bertz CT molecular complexity index is 722. The van der Waals surface area contributed by atoms with Crippen molar-refractivity contribution in [2.45, 2.75) is 19.8 Å².